The highest BCUT2D eigenvalue weighted by atomic mass is 31.1. The maximum absolute atomic E-state index is 6.19. The van der Waals surface area contributed by atoms with Gasteiger partial charge in [0.2, 0.25) is 0 Å². The predicted molar refractivity (Wildman–Crippen MR) is 160 cm³/mol. The van der Waals surface area contributed by atoms with Gasteiger partial charge in [-0.25, -0.2) is 0 Å². The van der Waals surface area contributed by atoms with Gasteiger partial charge in [-0.3, -0.25) is 0 Å². The highest BCUT2D eigenvalue weighted by molar-refractivity contribution is 7.38. The minimum atomic E-state index is -0.0264. The summed E-state index contributed by atoms with van der Waals surface area (Å²) in [6.45, 7) is 13.2. The van der Waals surface area contributed by atoms with Crippen molar-refractivity contribution in [1.82, 2.24) is 0 Å². The van der Waals surface area contributed by atoms with Crippen LogP contribution in [-0.4, -0.2) is 82.9 Å². The van der Waals surface area contributed by atoms with E-state index in [2.05, 4.69) is 27.7 Å². The first kappa shape index (κ1) is 36.6. The maximum atomic E-state index is 6.19. The number of nitrogens with two attached hydrogens (primary N) is 1. The summed E-state index contributed by atoms with van der Waals surface area (Å²) in [5.41, 5.74) is 5.68. The highest BCUT2D eigenvalue weighted by Gasteiger charge is 2.12. The van der Waals surface area contributed by atoms with Crippen LogP contribution in [0.2, 0.25) is 0 Å². The summed E-state index contributed by atoms with van der Waals surface area (Å²) >= 11 is 0. The Hall–Kier alpha value is 0.620. The Balaban J connectivity index is 4.07. The molecular formula is C28H61NO5P2. The second-order valence-electron chi connectivity index (χ2n) is 9.34. The smallest absolute Gasteiger partial charge is 0.157 e. The standard InChI is InChI=1S/C28H61NO5P2/c1-5-17-31-27(32-18-6-2)14-24-35-22-10-9-12-26(30-21-11-16-29)13-23-36-25-15-28(33-19-7-3)34-20-8-4/h26-28,35-36H,5-25,29H2,1-4H3. The number of hydrogen-bond donors (Lipinski definition) is 1. The summed E-state index contributed by atoms with van der Waals surface area (Å²) in [6, 6.07) is 0. The molecule has 0 bridgehead atoms. The van der Waals surface area contributed by atoms with Gasteiger partial charge in [-0.15, -0.1) is 17.2 Å². The molecular weight excluding hydrogens is 492 g/mol. The van der Waals surface area contributed by atoms with E-state index in [0.717, 1.165) is 102 Å². The molecule has 0 fully saturated rings. The quantitative estimate of drug-likeness (QED) is 0.0601. The number of rotatable bonds is 30. The van der Waals surface area contributed by atoms with E-state index in [1.807, 2.05) is 0 Å². The van der Waals surface area contributed by atoms with Crippen molar-refractivity contribution in [2.24, 2.45) is 5.73 Å². The van der Waals surface area contributed by atoms with Gasteiger partial charge < -0.3 is 29.4 Å². The van der Waals surface area contributed by atoms with Gasteiger partial charge in [0, 0.05) is 45.9 Å². The minimum absolute atomic E-state index is 0.00903. The topological polar surface area (TPSA) is 72.2 Å². The van der Waals surface area contributed by atoms with Crippen molar-refractivity contribution in [1.29, 1.82) is 0 Å². The summed E-state index contributed by atoms with van der Waals surface area (Å²) in [4.78, 5) is 0. The fraction of sp³-hybridized carbons (Fsp3) is 1.00. The summed E-state index contributed by atoms with van der Waals surface area (Å²) in [6.07, 6.45) is 17.3. The lowest BCUT2D eigenvalue weighted by Crippen LogP contribution is -2.19. The SMILES string of the molecule is CCCOC(CCPCCCCC(CCPCCC(OCCC)OCCC)OCCCN)OCCC. The Bertz CT molecular complexity index is 407. The lowest BCUT2D eigenvalue weighted by atomic mass is 10.1. The molecule has 0 radical (unpaired) electrons. The van der Waals surface area contributed by atoms with Crippen LogP contribution >= 0.6 is 17.2 Å². The lowest BCUT2D eigenvalue weighted by molar-refractivity contribution is -0.142. The van der Waals surface area contributed by atoms with Gasteiger partial charge in [0.1, 0.15) is 0 Å². The molecule has 218 valence electrons. The number of unbranched alkanes of at least 4 members (excludes halogenated alkanes) is 1. The van der Waals surface area contributed by atoms with Gasteiger partial charge in [0.15, 0.2) is 12.6 Å². The Morgan fingerprint density at radius 2 is 0.972 bits per heavy atom. The second-order valence-corrected chi connectivity index (χ2v) is 12.3. The molecule has 0 saturated heterocycles. The van der Waals surface area contributed by atoms with Crippen LogP contribution in [0.1, 0.15) is 98.3 Å². The van der Waals surface area contributed by atoms with E-state index < -0.39 is 0 Å². The summed E-state index contributed by atoms with van der Waals surface area (Å²) in [7, 11) is 1.95. The van der Waals surface area contributed by atoms with E-state index in [0.29, 0.717) is 12.6 Å². The molecule has 0 aliphatic heterocycles. The molecule has 0 heterocycles. The molecule has 8 heteroatoms. The molecule has 0 aromatic heterocycles. The Morgan fingerprint density at radius 1 is 0.500 bits per heavy atom. The molecule has 0 aromatic rings. The zero-order valence-corrected chi connectivity index (χ0v) is 26.2. The van der Waals surface area contributed by atoms with Gasteiger partial charge >= 0.3 is 0 Å². The monoisotopic (exact) mass is 553 g/mol. The third-order valence-electron chi connectivity index (χ3n) is 5.62. The Morgan fingerprint density at radius 3 is 1.44 bits per heavy atom. The average Bonchev–Trinajstić information content (AvgIpc) is 2.89. The molecule has 0 spiro atoms. The van der Waals surface area contributed by atoms with Crippen LogP contribution in [0.25, 0.3) is 0 Å². The summed E-state index contributed by atoms with van der Waals surface area (Å²) in [5, 5.41) is 0. The minimum Gasteiger partial charge on any atom is -0.378 e. The van der Waals surface area contributed by atoms with E-state index in [9.17, 15) is 0 Å². The van der Waals surface area contributed by atoms with E-state index >= 15 is 0 Å². The normalized spacial score (nSPS) is 13.4. The van der Waals surface area contributed by atoms with Crippen molar-refractivity contribution in [2.45, 2.75) is 117 Å². The Kier molecular flexibility index (Phi) is 30.7. The van der Waals surface area contributed by atoms with E-state index in [4.69, 9.17) is 29.4 Å². The first-order valence-corrected chi connectivity index (χ1v) is 17.7. The first-order valence-electron chi connectivity index (χ1n) is 14.9. The van der Waals surface area contributed by atoms with Crippen LogP contribution in [-0.2, 0) is 23.7 Å². The molecule has 0 saturated carbocycles. The van der Waals surface area contributed by atoms with Crippen LogP contribution in [0.5, 0.6) is 0 Å². The zero-order valence-electron chi connectivity index (χ0n) is 24.2. The van der Waals surface area contributed by atoms with Crippen molar-refractivity contribution in [2.75, 3.05) is 64.2 Å². The molecule has 0 rings (SSSR count). The first-order chi connectivity index (χ1) is 17.7. The van der Waals surface area contributed by atoms with Crippen molar-refractivity contribution >= 4 is 17.2 Å². The Labute approximate surface area is 227 Å². The van der Waals surface area contributed by atoms with Crippen LogP contribution in [0, 0.1) is 0 Å². The average molecular weight is 554 g/mol. The second kappa shape index (κ2) is 30.2. The van der Waals surface area contributed by atoms with Gasteiger partial charge in [0.25, 0.3) is 0 Å². The van der Waals surface area contributed by atoms with Crippen molar-refractivity contribution in [3.8, 4) is 0 Å². The molecule has 0 aliphatic carbocycles. The van der Waals surface area contributed by atoms with Crippen LogP contribution in [0.4, 0.5) is 0 Å². The van der Waals surface area contributed by atoms with E-state index in [-0.39, 0.29) is 12.6 Å². The van der Waals surface area contributed by atoms with Crippen molar-refractivity contribution in [3.63, 3.8) is 0 Å². The molecule has 0 aliphatic rings. The van der Waals surface area contributed by atoms with Gasteiger partial charge in [0.05, 0.1) is 6.10 Å². The number of hydrogen-bond acceptors (Lipinski definition) is 6. The third-order valence-corrected chi connectivity index (χ3v) is 8.25. The lowest BCUT2D eigenvalue weighted by Gasteiger charge is -2.20. The molecule has 0 amide bonds. The van der Waals surface area contributed by atoms with Gasteiger partial charge in [-0.1, -0.05) is 34.1 Å². The predicted octanol–water partition coefficient (Wildman–Crippen LogP) is 6.78. The molecule has 0 aromatic carbocycles. The van der Waals surface area contributed by atoms with Crippen molar-refractivity contribution in [3.05, 3.63) is 0 Å². The summed E-state index contributed by atoms with van der Waals surface area (Å²) < 4.78 is 29.6. The highest BCUT2D eigenvalue weighted by Crippen LogP contribution is 2.22. The molecule has 36 heavy (non-hydrogen) atoms. The fourth-order valence-electron chi connectivity index (χ4n) is 3.65. The fourth-order valence-corrected chi connectivity index (χ4v) is 6.05. The van der Waals surface area contributed by atoms with Crippen LogP contribution in [0.3, 0.4) is 0 Å². The van der Waals surface area contributed by atoms with E-state index in [1.165, 1.54) is 43.9 Å². The number of ether oxygens (including phenoxy) is 5. The molecule has 2 N–H and O–H groups in total. The third kappa shape index (κ3) is 24.9. The van der Waals surface area contributed by atoms with Gasteiger partial charge in [-0.2, -0.15) is 0 Å². The van der Waals surface area contributed by atoms with E-state index in [1.54, 1.807) is 0 Å². The van der Waals surface area contributed by atoms with Crippen LogP contribution in [0.15, 0.2) is 0 Å². The molecule has 3 unspecified atom stereocenters. The zero-order chi connectivity index (χ0) is 26.5. The van der Waals surface area contributed by atoms with Crippen LogP contribution < -0.4 is 5.73 Å². The van der Waals surface area contributed by atoms with Crippen molar-refractivity contribution < 1.29 is 23.7 Å². The molecule has 6 nitrogen and oxygen atoms in total. The largest absolute Gasteiger partial charge is 0.378 e. The van der Waals surface area contributed by atoms with Gasteiger partial charge in [-0.05, 0) is 82.6 Å². The molecule has 3 atom stereocenters. The maximum Gasteiger partial charge on any atom is 0.157 e. The summed E-state index contributed by atoms with van der Waals surface area (Å²) in [5.74, 6) is 0.